The van der Waals surface area contributed by atoms with Crippen LogP contribution in [0, 0.1) is 6.92 Å². The lowest BCUT2D eigenvalue weighted by Gasteiger charge is -2.28. The van der Waals surface area contributed by atoms with E-state index >= 15 is 0 Å². The molecule has 1 fully saturated rings. The second-order valence-electron chi connectivity index (χ2n) is 6.96. The van der Waals surface area contributed by atoms with Gasteiger partial charge in [0, 0.05) is 25.6 Å². The number of carbonyl (C=O) groups is 1. The average Bonchev–Trinajstić information content (AvgIpc) is 2.75. The Morgan fingerprint density at radius 2 is 1.70 bits per heavy atom. The van der Waals surface area contributed by atoms with Gasteiger partial charge in [-0.1, -0.05) is 0 Å². The van der Waals surface area contributed by atoms with E-state index in [4.69, 9.17) is 18.6 Å². The summed E-state index contributed by atoms with van der Waals surface area (Å²) < 4.78 is 21.4. The van der Waals surface area contributed by atoms with Crippen LogP contribution in [-0.4, -0.2) is 61.5 Å². The minimum Gasteiger partial charge on any atom is -0.502 e. The van der Waals surface area contributed by atoms with Crippen molar-refractivity contribution < 1.29 is 33.6 Å². The molecule has 1 aliphatic heterocycles. The van der Waals surface area contributed by atoms with Crippen LogP contribution in [0.25, 0.3) is 0 Å². The van der Waals surface area contributed by atoms with Gasteiger partial charge in [0.05, 0.1) is 33.4 Å². The zero-order chi connectivity index (χ0) is 21.8. The van der Waals surface area contributed by atoms with E-state index in [1.807, 2.05) is 0 Å². The third kappa shape index (κ3) is 4.35. The summed E-state index contributed by atoms with van der Waals surface area (Å²) in [4.78, 5) is 26.8. The maximum absolute atomic E-state index is 13.0. The standard InChI is InChI=1S/C21H25NO8/c1-12-8-15(23)19(25)21(30-12)14(11-18(24)22-4-6-29-7-5-22)13-9-16(27-2)20(26)17(10-13)28-3/h8-10,14,25-26H,4-7,11H2,1-3H3/t14-/m0/s1. The summed E-state index contributed by atoms with van der Waals surface area (Å²) >= 11 is 0. The Kier molecular flexibility index (Phi) is 6.51. The SMILES string of the molecule is COc1cc([C@H](CC(=O)N2CCOCC2)c2oc(C)cc(=O)c2O)cc(OC)c1O. The second-order valence-corrected chi connectivity index (χ2v) is 6.96. The monoisotopic (exact) mass is 419 g/mol. The third-order valence-electron chi connectivity index (χ3n) is 5.04. The molecule has 3 rings (SSSR count). The molecule has 2 heterocycles. The lowest BCUT2D eigenvalue weighted by molar-refractivity contribution is -0.135. The molecule has 30 heavy (non-hydrogen) atoms. The van der Waals surface area contributed by atoms with Crippen molar-refractivity contribution in [1.82, 2.24) is 4.90 Å². The number of phenols is 1. The molecule has 1 aliphatic rings. The van der Waals surface area contributed by atoms with Crippen LogP contribution in [-0.2, 0) is 9.53 Å². The molecule has 0 radical (unpaired) electrons. The van der Waals surface area contributed by atoms with Crippen molar-refractivity contribution in [3.05, 3.63) is 45.5 Å². The van der Waals surface area contributed by atoms with Crippen LogP contribution in [0.1, 0.15) is 29.4 Å². The predicted molar refractivity (Wildman–Crippen MR) is 106 cm³/mol. The van der Waals surface area contributed by atoms with Gasteiger partial charge in [0.1, 0.15) is 5.76 Å². The number of phenolic OH excluding ortho intramolecular Hbond substituents is 1. The van der Waals surface area contributed by atoms with E-state index in [0.29, 0.717) is 37.6 Å². The Hall–Kier alpha value is -3.20. The number of benzene rings is 1. The number of ether oxygens (including phenoxy) is 3. The van der Waals surface area contributed by atoms with Gasteiger partial charge >= 0.3 is 0 Å². The first-order valence-corrected chi connectivity index (χ1v) is 9.49. The Balaban J connectivity index is 2.11. The molecule has 9 heteroatoms. The molecule has 162 valence electrons. The van der Waals surface area contributed by atoms with Crippen LogP contribution in [0.2, 0.25) is 0 Å². The Bertz CT molecular complexity index is 952. The van der Waals surface area contributed by atoms with Crippen molar-refractivity contribution in [2.75, 3.05) is 40.5 Å². The maximum Gasteiger partial charge on any atom is 0.227 e. The summed E-state index contributed by atoms with van der Waals surface area (Å²) in [6, 6.07) is 4.23. The van der Waals surface area contributed by atoms with Crippen LogP contribution in [0.15, 0.2) is 27.4 Å². The molecular weight excluding hydrogens is 394 g/mol. The second kappa shape index (κ2) is 9.08. The molecular formula is C21H25NO8. The van der Waals surface area contributed by atoms with E-state index in [1.165, 1.54) is 32.4 Å². The summed E-state index contributed by atoms with van der Waals surface area (Å²) in [5.41, 5.74) is -0.123. The highest BCUT2D eigenvalue weighted by molar-refractivity contribution is 5.78. The minimum absolute atomic E-state index is 0.0311. The highest BCUT2D eigenvalue weighted by Gasteiger charge is 2.30. The quantitative estimate of drug-likeness (QED) is 0.727. The molecule has 0 unspecified atom stereocenters. The zero-order valence-corrected chi connectivity index (χ0v) is 17.1. The molecule has 9 nitrogen and oxygen atoms in total. The number of rotatable bonds is 6. The first kappa shape index (κ1) is 21.5. The predicted octanol–water partition coefficient (Wildman–Crippen LogP) is 1.76. The van der Waals surface area contributed by atoms with Crippen molar-refractivity contribution in [3.63, 3.8) is 0 Å². The smallest absolute Gasteiger partial charge is 0.227 e. The van der Waals surface area contributed by atoms with E-state index in [0.717, 1.165) is 0 Å². The van der Waals surface area contributed by atoms with Crippen LogP contribution in [0.5, 0.6) is 23.0 Å². The Morgan fingerprint density at radius 3 is 2.27 bits per heavy atom. The number of methoxy groups -OCH3 is 2. The van der Waals surface area contributed by atoms with Crippen LogP contribution in [0.3, 0.4) is 0 Å². The van der Waals surface area contributed by atoms with Crippen LogP contribution in [0.4, 0.5) is 0 Å². The number of hydrogen-bond acceptors (Lipinski definition) is 8. The van der Waals surface area contributed by atoms with Gasteiger partial charge in [0.15, 0.2) is 17.3 Å². The lowest BCUT2D eigenvalue weighted by atomic mass is 9.90. The van der Waals surface area contributed by atoms with E-state index in [-0.39, 0.29) is 35.3 Å². The fourth-order valence-corrected chi connectivity index (χ4v) is 3.46. The highest BCUT2D eigenvalue weighted by Crippen LogP contribution is 2.42. The van der Waals surface area contributed by atoms with Crippen molar-refractivity contribution in [2.24, 2.45) is 0 Å². The molecule has 0 spiro atoms. The van der Waals surface area contributed by atoms with Gasteiger partial charge < -0.3 is 33.7 Å². The van der Waals surface area contributed by atoms with E-state index in [9.17, 15) is 19.8 Å². The summed E-state index contributed by atoms with van der Waals surface area (Å²) in [7, 11) is 2.77. The van der Waals surface area contributed by atoms with E-state index < -0.39 is 17.1 Å². The van der Waals surface area contributed by atoms with Gasteiger partial charge in [-0.25, -0.2) is 0 Å². The summed E-state index contributed by atoms with van der Waals surface area (Å²) in [5, 5.41) is 20.7. The van der Waals surface area contributed by atoms with Gasteiger partial charge in [0.25, 0.3) is 0 Å². The normalized spacial score (nSPS) is 15.0. The van der Waals surface area contributed by atoms with Gasteiger partial charge in [-0.05, 0) is 24.6 Å². The van der Waals surface area contributed by atoms with Gasteiger partial charge in [0.2, 0.25) is 22.8 Å². The number of aryl methyl sites for hydroxylation is 1. The third-order valence-corrected chi connectivity index (χ3v) is 5.04. The number of aromatic hydroxyl groups is 2. The summed E-state index contributed by atoms with van der Waals surface area (Å²) in [5.74, 6) is -1.23. The summed E-state index contributed by atoms with van der Waals surface area (Å²) in [6.45, 7) is 3.39. The lowest BCUT2D eigenvalue weighted by Crippen LogP contribution is -2.41. The fraction of sp³-hybridized carbons (Fsp3) is 0.429. The molecule has 0 aliphatic carbocycles. The molecule has 2 N–H and O–H groups in total. The number of hydrogen-bond donors (Lipinski definition) is 2. The van der Waals surface area contributed by atoms with Gasteiger partial charge in [-0.3, -0.25) is 9.59 Å². The first-order chi connectivity index (χ1) is 14.3. The highest BCUT2D eigenvalue weighted by atomic mass is 16.5. The molecule has 1 aromatic carbocycles. The molecule has 2 aromatic rings. The van der Waals surface area contributed by atoms with Crippen molar-refractivity contribution in [1.29, 1.82) is 0 Å². The van der Waals surface area contributed by atoms with Crippen molar-refractivity contribution in [3.8, 4) is 23.0 Å². The van der Waals surface area contributed by atoms with Crippen LogP contribution >= 0.6 is 0 Å². The zero-order valence-electron chi connectivity index (χ0n) is 17.1. The van der Waals surface area contributed by atoms with Crippen molar-refractivity contribution in [2.45, 2.75) is 19.3 Å². The Morgan fingerprint density at radius 1 is 1.10 bits per heavy atom. The van der Waals surface area contributed by atoms with Gasteiger partial charge in [-0.15, -0.1) is 0 Å². The Labute approximate surface area is 173 Å². The molecule has 0 bridgehead atoms. The topological polar surface area (TPSA) is 119 Å². The molecule has 1 aromatic heterocycles. The first-order valence-electron chi connectivity index (χ1n) is 9.49. The summed E-state index contributed by atoms with van der Waals surface area (Å²) in [6.07, 6.45) is -0.0724. The molecule has 1 atom stereocenters. The van der Waals surface area contributed by atoms with E-state index in [2.05, 4.69) is 0 Å². The average molecular weight is 419 g/mol. The van der Waals surface area contributed by atoms with Crippen LogP contribution < -0.4 is 14.9 Å². The number of amides is 1. The van der Waals surface area contributed by atoms with Gasteiger partial charge in [-0.2, -0.15) is 0 Å². The molecule has 0 saturated carbocycles. The van der Waals surface area contributed by atoms with E-state index in [1.54, 1.807) is 11.8 Å². The maximum atomic E-state index is 13.0. The largest absolute Gasteiger partial charge is 0.502 e. The number of nitrogens with zero attached hydrogens (tertiary/aromatic N) is 1. The molecule has 1 amide bonds. The molecule has 1 saturated heterocycles. The number of carbonyl (C=O) groups excluding carboxylic acids is 1. The minimum atomic E-state index is -0.809. The number of morpholine rings is 1. The van der Waals surface area contributed by atoms with Crippen molar-refractivity contribution >= 4 is 5.91 Å². The fourth-order valence-electron chi connectivity index (χ4n) is 3.46.